The number of para-hydroxylation sites is 4. The predicted molar refractivity (Wildman–Crippen MR) is 457 cm³/mol. The van der Waals surface area contributed by atoms with Gasteiger partial charge in [-0.15, -0.1) is 5.10 Å². The summed E-state index contributed by atoms with van der Waals surface area (Å²) >= 11 is 0. The van der Waals surface area contributed by atoms with E-state index in [0.29, 0.717) is 87.5 Å². The molecule has 0 saturated carbocycles. The van der Waals surface area contributed by atoms with Gasteiger partial charge in [-0.1, -0.05) is 148 Å². The maximum Gasteiger partial charge on any atom is 0.311 e. The lowest BCUT2D eigenvalue weighted by Crippen LogP contribution is -2.60. The number of Topliss-reactive ketones (excluding diaryl/α,β-unsaturated/α-hetero) is 2. The minimum atomic E-state index is -1.84. The predicted octanol–water partition coefficient (Wildman–Crippen LogP) is 12.9. The molecule has 0 bridgehead atoms. The molecular formula is C87H137N15O16. The molecule has 0 radical (unpaired) electrons. The number of esters is 1. The maximum atomic E-state index is 14.5. The Morgan fingerprint density at radius 3 is 1.71 bits per heavy atom. The highest BCUT2D eigenvalue weighted by atomic mass is 16.7. The van der Waals surface area contributed by atoms with Crippen LogP contribution in [0.25, 0.3) is 32.1 Å². The van der Waals surface area contributed by atoms with E-state index in [-0.39, 0.29) is 49.3 Å². The summed E-state index contributed by atoms with van der Waals surface area (Å²) < 4.78 is 40.3. The number of carboxylic acids is 1. The molecule has 0 amide bonds. The average molecular weight is 1650 g/mol. The topological polar surface area (TPSA) is 484 Å². The van der Waals surface area contributed by atoms with E-state index in [1.54, 1.807) is 53.7 Å². The van der Waals surface area contributed by atoms with Gasteiger partial charge in [-0.25, -0.2) is 0 Å². The van der Waals surface area contributed by atoms with Crippen LogP contribution in [0.1, 0.15) is 208 Å². The first-order valence-corrected chi connectivity index (χ1v) is 41.8. The minimum Gasteiger partial charge on any atom is -0.481 e. The van der Waals surface area contributed by atoms with Gasteiger partial charge in [-0.05, 0) is 178 Å². The number of aliphatic hydroxyl groups is 5. The Kier molecular flexibility index (Phi) is 43.0. The molecule has 18 atom stereocenters. The van der Waals surface area contributed by atoms with Gasteiger partial charge in [0.2, 0.25) is 0 Å². The summed E-state index contributed by atoms with van der Waals surface area (Å²) in [5.74, 6) is -3.10. The van der Waals surface area contributed by atoms with E-state index in [0.717, 1.165) is 105 Å². The van der Waals surface area contributed by atoms with Crippen LogP contribution in [0.3, 0.4) is 0 Å². The second kappa shape index (κ2) is 50.7. The van der Waals surface area contributed by atoms with Crippen LogP contribution >= 0.6 is 0 Å². The molecule has 0 unspecified atom stereocenters. The molecule has 118 heavy (non-hydrogen) atoms. The van der Waals surface area contributed by atoms with E-state index >= 15 is 0 Å². The van der Waals surface area contributed by atoms with Crippen molar-refractivity contribution in [1.29, 1.82) is 0 Å². The summed E-state index contributed by atoms with van der Waals surface area (Å²) in [6.07, 6.45) is 5.90. The highest BCUT2D eigenvalue weighted by Gasteiger charge is 2.53. The Morgan fingerprint density at radius 1 is 0.686 bits per heavy atom. The number of carbonyl (C=O) groups is 4. The lowest BCUT2D eigenvalue weighted by Gasteiger charge is -2.49. The number of aryl methyl sites for hydroxylation is 1. The van der Waals surface area contributed by atoms with Crippen LogP contribution in [0.2, 0.25) is 0 Å². The highest BCUT2D eigenvalue weighted by Crippen LogP contribution is 2.41. The molecule has 4 aromatic carbocycles. The monoisotopic (exact) mass is 1650 g/mol. The van der Waals surface area contributed by atoms with E-state index < -0.39 is 108 Å². The zero-order chi connectivity index (χ0) is 87.3. The molecule has 656 valence electrons. The molecule has 4 heterocycles. The van der Waals surface area contributed by atoms with Gasteiger partial charge in [-0.2, -0.15) is 0 Å². The number of azide groups is 2. The van der Waals surface area contributed by atoms with Crippen molar-refractivity contribution in [3.8, 4) is 11.3 Å². The number of unbranched alkanes of at least 4 members (excludes halogenated alkanes) is 9. The molecule has 8 rings (SSSR count). The molecular weight excluding hydrogens is 1510 g/mol. The third-order valence-corrected chi connectivity index (χ3v) is 22.8. The molecule has 1 aromatic heterocycles. The first kappa shape index (κ1) is 100. The van der Waals surface area contributed by atoms with E-state index in [4.69, 9.17) is 67.5 Å². The molecule has 0 spiro atoms. The summed E-state index contributed by atoms with van der Waals surface area (Å²) in [6.45, 7) is 20.3. The van der Waals surface area contributed by atoms with Gasteiger partial charge in [0.1, 0.15) is 47.3 Å². The molecule has 5 aromatic rings. The second-order valence-corrected chi connectivity index (χ2v) is 32.9. The number of nitrogens with two attached hydrogens (primary N) is 4. The third-order valence-electron chi connectivity index (χ3n) is 22.8. The molecule has 31 heteroatoms. The quantitative estimate of drug-likeness (QED) is 0.00450. The summed E-state index contributed by atoms with van der Waals surface area (Å²) in [6, 6.07) is 29.4. The normalized spacial score (nSPS) is 27.6. The zero-order valence-electron chi connectivity index (χ0n) is 71.9. The molecule has 3 aliphatic rings. The lowest BCUT2D eigenvalue weighted by molar-refractivity contribution is -0.318. The number of aliphatic hydroxyl groups excluding tert-OH is 3. The summed E-state index contributed by atoms with van der Waals surface area (Å²) in [4.78, 5) is 58.2. The van der Waals surface area contributed by atoms with Crippen LogP contribution in [-0.2, 0) is 73.5 Å². The molecule has 3 aliphatic heterocycles. The van der Waals surface area contributed by atoms with E-state index in [9.17, 15) is 44.7 Å². The van der Waals surface area contributed by atoms with Crippen molar-refractivity contribution in [2.45, 2.75) is 307 Å². The average Bonchev–Trinajstić information content (AvgIpc) is 1.01. The largest absolute Gasteiger partial charge is 0.481 e. The first-order valence-electron chi connectivity index (χ1n) is 41.8. The highest BCUT2D eigenvalue weighted by molar-refractivity contribution is 5.83. The fourth-order valence-corrected chi connectivity index (χ4v) is 15.6. The molecule has 3 saturated heterocycles. The number of methoxy groups -OCH3 is 1. The first-order chi connectivity index (χ1) is 56.0. The number of carbonyl (C=O) groups excluding carboxylic acids is 3. The van der Waals surface area contributed by atoms with Gasteiger partial charge in [0.25, 0.3) is 0 Å². The minimum absolute atomic E-state index is 0.0999. The van der Waals surface area contributed by atoms with Gasteiger partial charge >= 0.3 is 11.9 Å². The Hall–Kier alpha value is -8.36. The van der Waals surface area contributed by atoms with Crippen LogP contribution in [-0.4, -0.2) is 210 Å². The SMILES string of the molecule is CC[C@H]1OC(=O)[C@H](C)[C@@H](O[C@H]2C[C@@](C)(OC)[C@@H](O)[C@H](C)O2)[C@H](C)[C@@H](O[C@@H]2O[C@H](C)C[C@H](N(C)Cc3ccc(-c4cn(CCCCCCC(=O)Cc5ccccc5N)nn4)cc3)[C@H]2O)[C@](C)(O)C[C@@H](C)CN(C)[C@H](C)[C@@H](O)[C@]1(C)O.Nc1ccccc1N.[N-]=[N+]=NCCCCCCC(=O)Cc1ccccc1N.[N-]=[N+]=NCCCCCCC(=O)O. The van der Waals surface area contributed by atoms with Crippen molar-refractivity contribution in [3.05, 3.63) is 141 Å². The lowest BCUT2D eigenvalue weighted by atomic mass is 9.77. The van der Waals surface area contributed by atoms with Crippen LogP contribution in [0.5, 0.6) is 0 Å². The number of ether oxygens (including phenoxy) is 6. The number of hydrogen-bond donors (Lipinski definition) is 10. The molecule has 31 nitrogen and oxygen atoms in total. The van der Waals surface area contributed by atoms with Crippen molar-refractivity contribution in [2.75, 3.05) is 63.8 Å². The number of nitrogen functional groups attached to an aromatic ring is 4. The van der Waals surface area contributed by atoms with Gasteiger partial charge in [0, 0.05) is 123 Å². The summed E-state index contributed by atoms with van der Waals surface area (Å²) in [5.41, 5.74) is 41.2. The third kappa shape index (κ3) is 32.6. The van der Waals surface area contributed by atoms with Crippen LogP contribution in [0, 0.1) is 17.8 Å². The summed E-state index contributed by atoms with van der Waals surface area (Å²) in [7, 11) is 5.30. The number of hydrogen-bond acceptors (Lipinski definition) is 25. The van der Waals surface area contributed by atoms with E-state index in [1.807, 2.05) is 136 Å². The fraction of sp³-hybridized carbons (Fsp3) is 0.655. The number of nitrogens with zero attached hydrogens (tertiary/aromatic N) is 11. The standard InChI is InChI=1S/C60H96N6O13.C14H20N4O.C7H13N3O2.C6H8N2/c1-14-49-60(10,73)53(69)40(6)64(11)33-36(2)31-58(8,72)55(38(4)52(39(5)56(71)77-49)78-50-32-59(9,74-13)54(70)41(7)76-50)79-57-51(68)48(29-37(3)75-57)65(12)34-42-24-26-43(27-25-42)47-35-66(63-62-47)28-20-16-15-17-22-45(67)30-44-21-18-19-23-46(44)61;15-14-9-5-4-7-12(14)11-13(19)8-3-1-2-6-10-17-18-16;8-10-9-6-4-2-1-3-5-7(11)12;7-5-3-1-2-4-6(5)8/h18-19,21,23-27,35-41,48-55,57,68-70,72-73H,14-17,20,22,28-34,61H2,1-13H3;4-5,7,9H,1-3,6,8,10-11,15H2;1-6H2,(H,11,12);1-4H,7-8H2/t36-,37-,38+,39-,40-,41+,48+,49-,50+,51-,52+,53-,54+,55-,57+,58-,59-,60-;;;/m1.../s1. The number of anilines is 4. The Bertz CT molecular complexity index is 3890. The number of cyclic esters (lactones) is 1. The number of aliphatic carboxylic acids is 1. The summed E-state index contributed by atoms with van der Waals surface area (Å²) in [5, 5.41) is 83.9. The smallest absolute Gasteiger partial charge is 0.311 e. The number of aromatic nitrogens is 3. The Balaban J connectivity index is 0.000000513. The van der Waals surface area contributed by atoms with Gasteiger partial charge in [-0.3, -0.25) is 28.8 Å². The van der Waals surface area contributed by atoms with Crippen molar-refractivity contribution in [1.82, 2.24) is 24.8 Å². The maximum absolute atomic E-state index is 14.5. The molecule has 3 fully saturated rings. The van der Waals surface area contributed by atoms with Crippen LogP contribution in [0.4, 0.5) is 22.7 Å². The zero-order valence-corrected chi connectivity index (χ0v) is 71.9. The Morgan fingerprint density at radius 2 is 1.20 bits per heavy atom. The number of rotatable bonds is 35. The number of benzene rings is 4. The fourth-order valence-electron chi connectivity index (χ4n) is 15.6. The number of ketones is 2. The van der Waals surface area contributed by atoms with Crippen molar-refractivity contribution >= 4 is 46.3 Å². The number of likely N-dealkylation sites (N-methyl/N-ethyl adjacent to an activating group) is 2. The van der Waals surface area contributed by atoms with Crippen molar-refractivity contribution < 1.29 is 78.2 Å². The number of carboxylic acid groups (broad SMARTS) is 1. The van der Waals surface area contributed by atoms with Crippen LogP contribution < -0.4 is 22.9 Å². The molecule has 0 aliphatic carbocycles. The van der Waals surface area contributed by atoms with Gasteiger partial charge in [0.05, 0.1) is 59.1 Å². The van der Waals surface area contributed by atoms with Crippen LogP contribution in [0.15, 0.2) is 113 Å². The van der Waals surface area contributed by atoms with Gasteiger partial charge in [0.15, 0.2) is 12.6 Å². The van der Waals surface area contributed by atoms with Crippen molar-refractivity contribution in [2.24, 2.45) is 28.0 Å². The Labute approximate surface area is 697 Å². The van der Waals surface area contributed by atoms with Gasteiger partial charge < -0.3 is 86.9 Å². The van der Waals surface area contributed by atoms with Crippen molar-refractivity contribution in [3.63, 3.8) is 0 Å². The second-order valence-electron chi connectivity index (χ2n) is 32.9. The van der Waals surface area contributed by atoms with E-state index in [1.165, 1.54) is 14.0 Å². The molecule has 14 N–H and O–H groups in total. The van der Waals surface area contributed by atoms with E-state index in [2.05, 4.69) is 35.3 Å².